The number of nitrogens with zero attached hydrogens (tertiary/aromatic N) is 2. The predicted octanol–water partition coefficient (Wildman–Crippen LogP) is 1.32. The highest BCUT2D eigenvalue weighted by Crippen LogP contribution is 2.38. The molecule has 0 spiro atoms. The van der Waals surface area contributed by atoms with Crippen LogP contribution in [-0.4, -0.2) is 46.9 Å². The van der Waals surface area contributed by atoms with Gasteiger partial charge in [-0.25, -0.2) is 4.79 Å². The second-order valence-electron chi connectivity index (χ2n) is 7.04. The average Bonchev–Trinajstić information content (AvgIpc) is 3.37. The molecule has 1 aromatic heterocycles. The van der Waals surface area contributed by atoms with Gasteiger partial charge in [-0.1, -0.05) is 0 Å². The van der Waals surface area contributed by atoms with Gasteiger partial charge in [-0.3, -0.25) is 9.59 Å². The van der Waals surface area contributed by atoms with Gasteiger partial charge in [0.25, 0.3) is 5.91 Å². The maximum absolute atomic E-state index is 12.4. The van der Waals surface area contributed by atoms with E-state index in [0.29, 0.717) is 31.1 Å². The number of hydrogen-bond donors (Lipinski definition) is 1. The zero-order valence-corrected chi connectivity index (χ0v) is 14.8. The van der Waals surface area contributed by atoms with Gasteiger partial charge in [-0.2, -0.15) is 0 Å². The Kier molecular flexibility index (Phi) is 4.83. The van der Waals surface area contributed by atoms with Crippen LogP contribution in [0.5, 0.6) is 0 Å². The molecule has 7 heteroatoms. The lowest BCUT2D eigenvalue weighted by molar-refractivity contribution is -0.137. The van der Waals surface area contributed by atoms with E-state index in [9.17, 15) is 14.4 Å². The van der Waals surface area contributed by atoms with E-state index < -0.39 is 5.97 Å². The Labute approximate surface area is 147 Å². The minimum absolute atomic E-state index is 0.282. The Morgan fingerprint density at radius 3 is 2.60 bits per heavy atom. The molecule has 0 aromatic carbocycles. The molecule has 1 saturated carbocycles. The molecule has 1 aliphatic heterocycles. The van der Waals surface area contributed by atoms with Crippen LogP contribution < -0.4 is 5.73 Å². The van der Waals surface area contributed by atoms with Gasteiger partial charge in [-0.05, 0) is 45.6 Å². The minimum Gasteiger partial charge on any atom is -0.452 e. The maximum atomic E-state index is 12.4. The summed E-state index contributed by atoms with van der Waals surface area (Å²) in [6.07, 6.45) is 3.71. The molecular formula is C18H25N3O4. The maximum Gasteiger partial charge on any atom is 0.340 e. The number of primary amides is 1. The first-order valence-corrected chi connectivity index (χ1v) is 8.81. The summed E-state index contributed by atoms with van der Waals surface area (Å²) in [7, 11) is 0. The van der Waals surface area contributed by atoms with Gasteiger partial charge in [0.2, 0.25) is 5.91 Å². The summed E-state index contributed by atoms with van der Waals surface area (Å²) in [4.78, 5) is 37.5. The smallest absolute Gasteiger partial charge is 0.340 e. The number of carbonyl (C=O) groups is 3. The zero-order chi connectivity index (χ0) is 18.1. The highest BCUT2D eigenvalue weighted by atomic mass is 16.5. The van der Waals surface area contributed by atoms with Crippen molar-refractivity contribution >= 4 is 17.8 Å². The molecule has 2 fully saturated rings. The van der Waals surface area contributed by atoms with Crippen LogP contribution in [-0.2, 0) is 14.3 Å². The van der Waals surface area contributed by atoms with E-state index in [1.54, 1.807) is 4.90 Å². The number of ether oxygens (including phenoxy) is 1. The van der Waals surface area contributed by atoms with Crippen LogP contribution in [0.2, 0.25) is 0 Å². The van der Waals surface area contributed by atoms with Crippen molar-refractivity contribution in [2.24, 2.45) is 11.7 Å². The number of nitrogens with two attached hydrogens (primary N) is 1. The molecule has 0 unspecified atom stereocenters. The molecule has 1 atom stereocenters. The molecule has 2 amide bonds. The molecule has 0 bridgehead atoms. The summed E-state index contributed by atoms with van der Waals surface area (Å²) in [5.74, 6) is -1.46. The minimum atomic E-state index is -0.475. The van der Waals surface area contributed by atoms with Crippen LogP contribution in [0.4, 0.5) is 0 Å². The molecule has 2 aliphatic rings. The summed E-state index contributed by atoms with van der Waals surface area (Å²) in [6, 6.07) is 2.31. The van der Waals surface area contributed by atoms with Gasteiger partial charge in [0.1, 0.15) is 0 Å². The van der Waals surface area contributed by atoms with Crippen molar-refractivity contribution in [3.63, 3.8) is 0 Å². The van der Waals surface area contributed by atoms with E-state index in [4.69, 9.17) is 10.5 Å². The average molecular weight is 347 g/mol. The first kappa shape index (κ1) is 17.5. The first-order chi connectivity index (χ1) is 11.9. The summed E-state index contributed by atoms with van der Waals surface area (Å²) in [6.45, 7) is 4.45. The Bertz CT molecular complexity index is 705. The number of hydrogen-bond acceptors (Lipinski definition) is 4. The molecule has 7 nitrogen and oxygen atoms in total. The number of rotatable bonds is 5. The van der Waals surface area contributed by atoms with E-state index in [1.165, 1.54) is 0 Å². The Hall–Kier alpha value is -2.31. The van der Waals surface area contributed by atoms with Crippen molar-refractivity contribution in [2.75, 3.05) is 19.7 Å². The SMILES string of the molecule is Cc1cc(C(=O)OCC(=O)N2CCC[C@H](C(N)=O)C2)c(C)n1C1CC1. The van der Waals surface area contributed by atoms with Gasteiger partial charge in [0.15, 0.2) is 6.61 Å². The van der Waals surface area contributed by atoms with Crippen molar-refractivity contribution in [2.45, 2.75) is 45.6 Å². The van der Waals surface area contributed by atoms with Crippen LogP contribution in [0.3, 0.4) is 0 Å². The first-order valence-electron chi connectivity index (χ1n) is 8.81. The molecular weight excluding hydrogens is 322 g/mol. The number of piperidine rings is 1. The number of aryl methyl sites for hydroxylation is 1. The highest BCUT2D eigenvalue weighted by Gasteiger charge is 2.30. The second-order valence-corrected chi connectivity index (χ2v) is 7.04. The molecule has 3 rings (SSSR count). The van der Waals surface area contributed by atoms with Gasteiger partial charge in [-0.15, -0.1) is 0 Å². The van der Waals surface area contributed by atoms with Crippen molar-refractivity contribution in [1.29, 1.82) is 0 Å². The summed E-state index contributed by atoms with van der Waals surface area (Å²) in [5.41, 5.74) is 7.78. The van der Waals surface area contributed by atoms with Crippen LogP contribution in [0.1, 0.15) is 53.5 Å². The Morgan fingerprint density at radius 2 is 1.96 bits per heavy atom. The fourth-order valence-electron chi connectivity index (χ4n) is 3.61. The van der Waals surface area contributed by atoms with E-state index >= 15 is 0 Å². The third-order valence-corrected chi connectivity index (χ3v) is 5.12. The van der Waals surface area contributed by atoms with E-state index in [0.717, 1.165) is 30.7 Å². The molecule has 1 saturated heterocycles. The lowest BCUT2D eigenvalue weighted by Crippen LogP contribution is -2.45. The number of likely N-dealkylation sites (tertiary alicyclic amines) is 1. The Morgan fingerprint density at radius 1 is 1.24 bits per heavy atom. The summed E-state index contributed by atoms with van der Waals surface area (Å²) < 4.78 is 7.40. The fourth-order valence-corrected chi connectivity index (χ4v) is 3.61. The molecule has 0 radical (unpaired) electrons. The predicted molar refractivity (Wildman–Crippen MR) is 91.0 cm³/mol. The van der Waals surface area contributed by atoms with Crippen molar-refractivity contribution in [1.82, 2.24) is 9.47 Å². The van der Waals surface area contributed by atoms with Crippen LogP contribution >= 0.6 is 0 Å². The number of aromatic nitrogens is 1. The molecule has 1 aliphatic carbocycles. The number of carbonyl (C=O) groups excluding carboxylic acids is 3. The van der Waals surface area contributed by atoms with Crippen molar-refractivity contribution in [3.8, 4) is 0 Å². The largest absolute Gasteiger partial charge is 0.452 e. The topological polar surface area (TPSA) is 94.6 Å². The van der Waals surface area contributed by atoms with Crippen LogP contribution in [0, 0.1) is 19.8 Å². The number of amides is 2. The summed E-state index contributed by atoms with van der Waals surface area (Å²) >= 11 is 0. The molecule has 2 N–H and O–H groups in total. The molecule has 25 heavy (non-hydrogen) atoms. The van der Waals surface area contributed by atoms with Gasteiger partial charge < -0.3 is 19.9 Å². The quantitative estimate of drug-likeness (QED) is 0.813. The number of esters is 1. The monoisotopic (exact) mass is 347 g/mol. The van der Waals surface area contributed by atoms with Crippen molar-refractivity contribution in [3.05, 3.63) is 23.0 Å². The van der Waals surface area contributed by atoms with E-state index in [1.807, 2.05) is 19.9 Å². The van der Waals surface area contributed by atoms with E-state index in [-0.39, 0.29) is 24.3 Å². The van der Waals surface area contributed by atoms with Gasteiger partial charge in [0, 0.05) is 30.5 Å². The Balaban J connectivity index is 1.58. The standard InChI is InChI=1S/C18H25N3O4/c1-11-8-15(12(2)21(11)14-5-6-14)18(24)25-10-16(22)20-7-3-4-13(9-20)17(19)23/h8,13-14H,3-7,9-10H2,1-2H3,(H2,19,23)/t13-/m0/s1. The molecule has 136 valence electrons. The fraction of sp³-hybridized carbons (Fsp3) is 0.611. The van der Waals surface area contributed by atoms with Crippen LogP contribution in [0.15, 0.2) is 6.07 Å². The van der Waals surface area contributed by atoms with E-state index in [2.05, 4.69) is 4.57 Å². The normalized spacial score (nSPS) is 20.4. The molecule has 2 heterocycles. The van der Waals surface area contributed by atoms with Crippen LogP contribution in [0.25, 0.3) is 0 Å². The third-order valence-electron chi connectivity index (χ3n) is 5.12. The van der Waals surface area contributed by atoms with Crippen molar-refractivity contribution < 1.29 is 19.1 Å². The third kappa shape index (κ3) is 3.70. The van der Waals surface area contributed by atoms with Gasteiger partial charge in [0.05, 0.1) is 11.5 Å². The van der Waals surface area contributed by atoms with Gasteiger partial charge >= 0.3 is 5.97 Å². The zero-order valence-electron chi connectivity index (χ0n) is 14.8. The highest BCUT2D eigenvalue weighted by molar-refractivity contribution is 5.93. The second kappa shape index (κ2) is 6.90. The lowest BCUT2D eigenvalue weighted by Gasteiger charge is -2.31. The lowest BCUT2D eigenvalue weighted by atomic mass is 9.97. The summed E-state index contributed by atoms with van der Waals surface area (Å²) in [5, 5.41) is 0. The molecule has 1 aromatic rings.